The number of benzene rings is 1. The minimum atomic E-state index is 0.0658. The maximum absolute atomic E-state index is 12.0. The fourth-order valence-corrected chi connectivity index (χ4v) is 2.73. The molecule has 0 fully saturated rings. The van der Waals surface area contributed by atoms with Crippen LogP contribution in [-0.4, -0.2) is 0 Å². The molecule has 0 saturated heterocycles. The fourth-order valence-electron chi connectivity index (χ4n) is 2.73. The minimum Gasteiger partial charge on any atom is -0.461 e. The van der Waals surface area contributed by atoms with Gasteiger partial charge in [0.05, 0.1) is 5.39 Å². The van der Waals surface area contributed by atoms with Crippen molar-refractivity contribution >= 4 is 11.0 Å². The van der Waals surface area contributed by atoms with Gasteiger partial charge >= 0.3 is 0 Å². The lowest BCUT2D eigenvalue weighted by molar-refractivity contribution is 0.463. The lowest BCUT2D eigenvalue weighted by atomic mass is 9.91. The Balaban J connectivity index is 1.79. The highest BCUT2D eigenvalue weighted by Crippen LogP contribution is 2.22. The van der Waals surface area contributed by atoms with Crippen LogP contribution in [0.5, 0.6) is 0 Å². The standard InChI is InChI=1S/C17H18O2/c18-16-12-14(11-10-13-6-2-1-3-7-13)19-17-9-5-4-8-15(16)17/h2,4-6,8-9,12-13H,1,3,7,10-11H2. The normalized spacial score (nSPS) is 18.8. The van der Waals surface area contributed by atoms with E-state index in [2.05, 4.69) is 12.2 Å². The number of hydrogen-bond donors (Lipinski definition) is 0. The molecular weight excluding hydrogens is 236 g/mol. The number of aryl methyl sites for hydroxylation is 1. The van der Waals surface area contributed by atoms with E-state index in [0.29, 0.717) is 16.9 Å². The predicted octanol–water partition coefficient (Wildman–Crippen LogP) is 4.08. The van der Waals surface area contributed by atoms with Crippen molar-refractivity contribution < 1.29 is 4.42 Å². The molecule has 19 heavy (non-hydrogen) atoms. The first kappa shape index (κ1) is 12.2. The van der Waals surface area contributed by atoms with Crippen molar-refractivity contribution in [3.05, 3.63) is 58.5 Å². The third-order valence-electron chi connectivity index (χ3n) is 3.80. The van der Waals surface area contributed by atoms with Crippen LogP contribution in [0.2, 0.25) is 0 Å². The number of rotatable bonds is 3. The van der Waals surface area contributed by atoms with Gasteiger partial charge in [-0.3, -0.25) is 4.79 Å². The maximum atomic E-state index is 12.0. The molecule has 0 radical (unpaired) electrons. The van der Waals surface area contributed by atoms with Gasteiger partial charge in [0.2, 0.25) is 0 Å². The van der Waals surface area contributed by atoms with Crippen LogP contribution in [0, 0.1) is 5.92 Å². The van der Waals surface area contributed by atoms with Gasteiger partial charge in [0, 0.05) is 12.5 Å². The Labute approximate surface area is 112 Å². The molecule has 1 aliphatic rings. The van der Waals surface area contributed by atoms with Crippen molar-refractivity contribution in [1.29, 1.82) is 0 Å². The molecule has 1 aliphatic carbocycles. The smallest absolute Gasteiger partial charge is 0.192 e. The molecule has 2 nitrogen and oxygen atoms in total. The van der Waals surface area contributed by atoms with E-state index in [1.165, 1.54) is 19.3 Å². The third kappa shape index (κ3) is 2.78. The molecule has 1 aromatic carbocycles. The summed E-state index contributed by atoms with van der Waals surface area (Å²) >= 11 is 0. The largest absolute Gasteiger partial charge is 0.461 e. The Morgan fingerprint density at radius 3 is 3.00 bits per heavy atom. The fraction of sp³-hybridized carbons (Fsp3) is 0.353. The van der Waals surface area contributed by atoms with Crippen LogP contribution in [0.4, 0.5) is 0 Å². The summed E-state index contributed by atoms with van der Waals surface area (Å²) in [6.45, 7) is 0. The SMILES string of the molecule is O=c1cc(CCC2C=CCCC2)oc2ccccc12. The Morgan fingerprint density at radius 2 is 2.16 bits per heavy atom. The summed E-state index contributed by atoms with van der Waals surface area (Å²) in [7, 11) is 0. The van der Waals surface area contributed by atoms with E-state index in [-0.39, 0.29) is 5.43 Å². The Bertz CT molecular complexity index is 652. The molecule has 0 spiro atoms. The molecule has 0 bridgehead atoms. The maximum Gasteiger partial charge on any atom is 0.192 e. The molecule has 98 valence electrons. The summed E-state index contributed by atoms with van der Waals surface area (Å²) in [6, 6.07) is 9.09. The molecule has 2 heteroatoms. The quantitative estimate of drug-likeness (QED) is 0.772. The van der Waals surface area contributed by atoms with Crippen LogP contribution in [0.3, 0.4) is 0 Å². The molecule has 0 aliphatic heterocycles. The van der Waals surface area contributed by atoms with Crippen LogP contribution in [0.25, 0.3) is 11.0 Å². The van der Waals surface area contributed by atoms with Gasteiger partial charge in [0.1, 0.15) is 11.3 Å². The van der Waals surface area contributed by atoms with Gasteiger partial charge in [-0.1, -0.05) is 24.3 Å². The van der Waals surface area contributed by atoms with Crippen LogP contribution < -0.4 is 5.43 Å². The van der Waals surface area contributed by atoms with Crippen LogP contribution in [0.15, 0.2) is 51.7 Å². The molecule has 2 aromatic rings. The van der Waals surface area contributed by atoms with Gasteiger partial charge in [0.25, 0.3) is 0 Å². The molecule has 1 heterocycles. The Kier molecular flexibility index (Phi) is 3.49. The molecule has 0 amide bonds. The monoisotopic (exact) mass is 254 g/mol. The van der Waals surface area contributed by atoms with Crippen molar-refractivity contribution in [2.75, 3.05) is 0 Å². The number of para-hydroxylation sites is 1. The van der Waals surface area contributed by atoms with Crippen molar-refractivity contribution in [3.8, 4) is 0 Å². The summed E-state index contributed by atoms with van der Waals surface area (Å²) < 4.78 is 5.81. The topological polar surface area (TPSA) is 30.2 Å². The predicted molar refractivity (Wildman–Crippen MR) is 77.3 cm³/mol. The summed E-state index contributed by atoms with van der Waals surface area (Å²) in [6.07, 6.45) is 10.2. The van der Waals surface area contributed by atoms with Gasteiger partial charge in [-0.15, -0.1) is 0 Å². The minimum absolute atomic E-state index is 0.0658. The third-order valence-corrected chi connectivity index (χ3v) is 3.80. The molecule has 0 N–H and O–H groups in total. The Morgan fingerprint density at radius 1 is 1.26 bits per heavy atom. The number of fused-ring (bicyclic) bond motifs is 1. The van der Waals surface area contributed by atoms with E-state index in [9.17, 15) is 4.79 Å². The van der Waals surface area contributed by atoms with Crippen LogP contribution in [-0.2, 0) is 6.42 Å². The van der Waals surface area contributed by atoms with Crippen LogP contribution >= 0.6 is 0 Å². The van der Waals surface area contributed by atoms with E-state index in [4.69, 9.17) is 4.42 Å². The lowest BCUT2D eigenvalue weighted by Gasteiger charge is -2.15. The summed E-state index contributed by atoms with van der Waals surface area (Å²) in [5.41, 5.74) is 0.764. The molecule has 1 aromatic heterocycles. The van der Waals surface area contributed by atoms with E-state index in [0.717, 1.165) is 18.6 Å². The first-order valence-corrected chi connectivity index (χ1v) is 7.01. The van der Waals surface area contributed by atoms with Gasteiger partial charge in [-0.05, 0) is 43.7 Å². The van der Waals surface area contributed by atoms with Gasteiger partial charge in [-0.2, -0.15) is 0 Å². The van der Waals surface area contributed by atoms with Crippen LogP contribution in [0.1, 0.15) is 31.4 Å². The lowest BCUT2D eigenvalue weighted by Crippen LogP contribution is -2.05. The average molecular weight is 254 g/mol. The second-order valence-electron chi connectivity index (χ2n) is 5.23. The molecule has 1 unspecified atom stereocenters. The van der Waals surface area contributed by atoms with Gasteiger partial charge in [-0.25, -0.2) is 0 Å². The highest BCUT2D eigenvalue weighted by Gasteiger charge is 2.10. The number of allylic oxidation sites excluding steroid dienone is 2. The van der Waals surface area contributed by atoms with Gasteiger partial charge in [0.15, 0.2) is 5.43 Å². The van der Waals surface area contributed by atoms with E-state index >= 15 is 0 Å². The summed E-state index contributed by atoms with van der Waals surface area (Å²) in [5.74, 6) is 1.45. The summed E-state index contributed by atoms with van der Waals surface area (Å²) in [4.78, 5) is 12.0. The zero-order chi connectivity index (χ0) is 13.1. The Hall–Kier alpha value is -1.83. The van der Waals surface area contributed by atoms with Crippen molar-refractivity contribution in [1.82, 2.24) is 0 Å². The molecule has 3 rings (SSSR count). The second kappa shape index (κ2) is 5.43. The molecular formula is C17H18O2. The van der Waals surface area contributed by atoms with Gasteiger partial charge < -0.3 is 4.42 Å². The van der Waals surface area contributed by atoms with Crippen molar-refractivity contribution in [2.45, 2.75) is 32.1 Å². The van der Waals surface area contributed by atoms with E-state index in [1.807, 2.05) is 24.3 Å². The molecule has 0 saturated carbocycles. The van der Waals surface area contributed by atoms with Crippen molar-refractivity contribution in [2.24, 2.45) is 5.92 Å². The highest BCUT2D eigenvalue weighted by molar-refractivity contribution is 5.76. The first-order chi connectivity index (χ1) is 9.33. The van der Waals surface area contributed by atoms with E-state index < -0.39 is 0 Å². The highest BCUT2D eigenvalue weighted by atomic mass is 16.3. The zero-order valence-corrected chi connectivity index (χ0v) is 11.0. The molecule has 1 atom stereocenters. The average Bonchev–Trinajstić information content (AvgIpc) is 2.46. The van der Waals surface area contributed by atoms with E-state index in [1.54, 1.807) is 6.07 Å². The second-order valence-corrected chi connectivity index (χ2v) is 5.23. The zero-order valence-electron chi connectivity index (χ0n) is 11.0. The first-order valence-electron chi connectivity index (χ1n) is 7.01. The van der Waals surface area contributed by atoms with Crippen molar-refractivity contribution in [3.63, 3.8) is 0 Å². The number of hydrogen-bond acceptors (Lipinski definition) is 2. The summed E-state index contributed by atoms with van der Waals surface area (Å²) in [5, 5.41) is 0.670.